The molecule has 0 aromatic heterocycles. The van der Waals surface area contributed by atoms with Crippen molar-refractivity contribution < 1.29 is 27.9 Å². The van der Waals surface area contributed by atoms with Crippen LogP contribution in [-0.2, 0) is 17.7 Å². The summed E-state index contributed by atoms with van der Waals surface area (Å²) >= 11 is 0. The van der Waals surface area contributed by atoms with Gasteiger partial charge in [0.15, 0.2) is 0 Å². The van der Waals surface area contributed by atoms with Crippen LogP contribution in [0.25, 0.3) is 0 Å². The lowest BCUT2D eigenvalue weighted by Gasteiger charge is -2.38. The molecular formula is C10H28O6Si3. The highest BCUT2D eigenvalue weighted by Crippen LogP contribution is 2.20. The molecule has 0 atom stereocenters. The fraction of sp³-hybridized carbons (Fsp3) is 1.00. The van der Waals surface area contributed by atoms with E-state index in [-0.39, 0.29) is 13.6 Å². The zero-order chi connectivity index (χ0) is 15.2. The monoisotopic (exact) mass is 328 g/mol. The number of ether oxygens (including phenoxy) is 2. The van der Waals surface area contributed by atoms with Gasteiger partial charge in [0.2, 0.25) is 16.6 Å². The van der Waals surface area contributed by atoms with E-state index in [2.05, 4.69) is 0 Å². The molecule has 0 saturated carbocycles. The molecule has 0 unspecified atom stereocenters. The molecule has 0 aliphatic carbocycles. The fourth-order valence-electron chi connectivity index (χ4n) is 1.99. The third-order valence-electron chi connectivity index (χ3n) is 2.13. The van der Waals surface area contributed by atoms with E-state index in [9.17, 15) is 0 Å². The molecule has 0 fully saturated rings. The van der Waals surface area contributed by atoms with E-state index in [0.29, 0.717) is 12.5 Å². The van der Waals surface area contributed by atoms with Crippen LogP contribution in [0.15, 0.2) is 0 Å². The standard InChI is InChI=1S/C10H28O6Si3/c1-17(2,9-13-7-11)15-19(5,6)16-18(3,4)10-14-8-12/h11-12H,7-10H2,1-6H3. The Morgan fingerprint density at radius 2 is 1.00 bits per heavy atom. The Balaban J connectivity index is 4.44. The van der Waals surface area contributed by atoms with E-state index in [1.807, 2.05) is 39.3 Å². The quantitative estimate of drug-likeness (QED) is 0.463. The normalized spacial score (nSPS) is 13.9. The van der Waals surface area contributed by atoms with Gasteiger partial charge in [-0.2, -0.15) is 0 Å². The van der Waals surface area contributed by atoms with Crippen molar-refractivity contribution in [1.29, 1.82) is 0 Å². The van der Waals surface area contributed by atoms with Crippen molar-refractivity contribution in [2.45, 2.75) is 39.3 Å². The van der Waals surface area contributed by atoms with Crippen LogP contribution in [0.1, 0.15) is 0 Å². The van der Waals surface area contributed by atoms with Crippen LogP contribution in [0.4, 0.5) is 0 Å². The number of hydrogen-bond donors (Lipinski definition) is 2. The molecule has 0 aliphatic rings. The second kappa shape index (κ2) is 8.00. The average Bonchev–Trinajstić information content (AvgIpc) is 2.20. The Kier molecular flexibility index (Phi) is 8.17. The lowest BCUT2D eigenvalue weighted by molar-refractivity contribution is 0.0142. The minimum absolute atomic E-state index is 0.285. The first-order valence-corrected chi connectivity index (χ1v) is 15.4. The molecule has 0 heterocycles. The Labute approximate surface area is 119 Å². The predicted octanol–water partition coefficient (Wildman–Crippen LogP) is 1.14. The number of rotatable bonds is 10. The van der Waals surface area contributed by atoms with Gasteiger partial charge in [0.05, 0.1) is 12.5 Å². The van der Waals surface area contributed by atoms with E-state index in [4.69, 9.17) is 27.9 Å². The van der Waals surface area contributed by atoms with Crippen molar-refractivity contribution in [3.8, 4) is 0 Å². The van der Waals surface area contributed by atoms with Gasteiger partial charge < -0.3 is 27.9 Å². The second-order valence-corrected chi connectivity index (χ2v) is 18.1. The van der Waals surface area contributed by atoms with Gasteiger partial charge >= 0.3 is 8.56 Å². The summed E-state index contributed by atoms with van der Waals surface area (Å²) in [6, 6.07) is 0. The van der Waals surface area contributed by atoms with Crippen LogP contribution in [0.3, 0.4) is 0 Å². The van der Waals surface area contributed by atoms with Gasteiger partial charge in [0, 0.05) is 0 Å². The van der Waals surface area contributed by atoms with Crippen LogP contribution < -0.4 is 0 Å². The molecule has 6 nitrogen and oxygen atoms in total. The van der Waals surface area contributed by atoms with Gasteiger partial charge in [-0.1, -0.05) is 0 Å². The summed E-state index contributed by atoms with van der Waals surface area (Å²) in [7, 11) is -6.28. The average molecular weight is 329 g/mol. The Morgan fingerprint density at radius 1 is 0.684 bits per heavy atom. The fourth-order valence-corrected chi connectivity index (χ4v) is 14.8. The number of aliphatic hydroxyl groups is 2. The van der Waals surface area contributed by atoms with E-state index < -0.39 is 25.2 Å². The lowest BCUT2D eigenvalue weighted by Crippen LogP contribution is -2.55. The third kappa shape index (κ3) is 9.87. The molecule has 9 heteroatoms. The van der Waals surface area contributed by atoms with E-state index in [1.165, 1.54) is 0 Å². The zero-order valence-corrected chi connectivity index (χ0v) is 15.9. The molecule has 0 bridgehead atoms. The smallest absolute Gasteiger partial charge is 0.311 e. The Morgan fingerprint density at radius 3 is 1.26 bits per heavy atom. The van der Waals surface area contributed by atoms with Crippen molar-refractivity contribution >= 4 is 25.2 Å². The van der Waals surface area contributed by atoms with E-state index in [1.54, 1.807) is 0 Å². The van der Waals surface area contributed by atoms with Crippen molar-refractivity contribution in [3.05, 3.63) is 0 Å². The molecule has 0 aliphatic heterocycles. The maximum absolute atomic E-state index is 8.70. The van der Waals surface area contributed by atoms with Crippen LogP contribution in [0.5, 0.6) is 0 Å². The summed E-state index contributed by atoms with van der Waals surface area (Å²) in [5, 5.41) is 17.4. The first-order chi connectivity index (χ1) is 8.54. The summed E-state index contributed by atoms with van der Waals surface area (Å²) in [5.41, 5.74) is 0. The molecule has 0 rings (SSSR count). The van der Waals surface area contributed by atoms with Crippen LogP contribution >= 0.6 is 0 Å². The zero-order valence-electron chi connectivity index (χ0n) is 12.9. The van der Waals surface area contributed by atoms with Crippen LogP contribution in [0, 0.1) is 0 Å². The van der Waals surface area contributed by atoms with Crippen LogP contribution in [0.2, 0.25) is 39.3 Å². The first-order valence-electron chi connectivity index (χ1n) is 6.31. The predicted molar refractivity (Wildman–Crippen MR) is 80.7 cm³/mol. The summed E-state index contributed by atoms with van der Waals surface area (Å²) in [5.74, 6) is 0. The SMILES string of the molecule is C[Si](C)(COCO)O[Si](C)(C)O[Si](C)(C)COCO. The van der Waals surface area contributed by atoms with Gasteiger partial charge in [-0.25, -0.2) is 0 Å². The molecule has 0 saturated heterocycles. The van der Waals surface area contributed by atoms with Crippen molar-refractivity contribution in [1.82, 2.24) is 0 Å². The van der Waals surface area contributed by atoms with Crippen molar-refractivity contribution in [3.63, 3.8) is 0 Å². The molecule has 19 heavy (non-hydrogen) atoms. The second-order valence-electron chi connectivity index (χ2n) is 6.08. The summed E-state index contributed by atoms with van der Waals surface area (Å²) in [4.78, 5) is 0. The van der Waals surface area contributed by atoms with Crippen molar-refractivity contribution in [2.24, 2.45) is 0 Å². The minimum Gasteiger partial charge on any atom is -0.435 e. The first kappa shape index (κ1) is 19.4. The minimum atomic E-state index is -2.27. The Bertz CT molecular complexity index is 236. The van der Waals surface area contributed by atoms with E-state index in [0.717, 1.165) is 0 Å². The van der Waals surface area contributed by atoms with E-state index >= 15 is 0 Å². The van der Waals surface area contributed by atoms with Crippen molar-refractivity contribution in [2.75, 3.05) is 26.0 Å². The summed E-state index contributed by atoms with van der Waals surface area (Å²) < 4.78 is 22.5. The van der Waals surface area contributed by atoms with Gasteiger partial charge in [-0.3, -0.25) is 0 Å². The highest BCUT2D eigenvalue weighted by Gasteiger charge is 2.39. The topological polar surface area (TPSA) is 77.4 Å². The highest BCUT2D eigenvalue weighted by molar-refractivity contribution is 6.87. The maximum atomic E-state index is 8.70. The molecule has 0 spiro atoms. The molecule has 116 valence electrons. The molecule has 0 radical (unpaired) electrons. The third-order valence-corrected chi connectivity index (χ3v) is 12.3. The summed E-state index contributed by atoms with van der Waals surface area (Å²) in [6.07, 6.45) is 0.886. The largest absolute Gasteiger partial charge is 0.435 e. The Hall–Kier alpha value is 0.411. The lowest BCUT2D eigenvalue weighted by atomic mass is 11.4. The molecule has 2 N–H and O–H groups in total. The van der Waals surface area contributed by atoms with Gasteiger partial charge in [0.25, 0.3) is 0 Å². The number of hydrogen-bond acceptors (Lipinski definition) is 6. The highest BCUT2D eigenvalue weighted by atomic mass is 28.5. The number of aliphatic hydroxyl groups excluding tert-OH is 2. The van der Waals surface area contributed by atoms with Gasteiger partial charge in [-0.15, -0.1) is 0 Å². The summed E-state index contributed by atoms with van der Waals surface area (Å²) in [6.45, 7) is 11.6. The molecule has 0 aromatic rings. The molecule has 0 aromatic carbocycles. The van der Waals surface area contributed by atoms with Gasteiger partial charge in [-0.05, 0) is 39.3 Å². The molecular weight excluding hydrogens is 300 g/mol. The molecule has 0 amide bonds. The van der Waals surface area contributed by atoms with Gasteiger partial charge in [0.1, 0.15) is 13.6 Å². The van der Waals surface area contributed by atoms with Crippen LogP contribution in [-0.4, -0.2) is 61.5 Å². The maximum Gasteiger partial charge on any atom is 0.311 e.